The Labute approximate surface area is 146 Å². The van der Waals surface area contributed by atoms with Crippen LogP contribution in [-0.2, 0) is 11.2 Å². The summed E-state index contributed by atoms with van der Waals surface area (Å²) >= 11 is 0. The van der Waals surface area contributed by atoms with E-state index in [1.165, 1.54) is 4.90 Å². The second kappa shape index (κ2) is 5.89. The number of rotatable bonds is 2. The molecule has 1 amide bonds. The lowest BCUT2D eigenvalue weighted by Gasteiger charge is -2.26. The van der Waals surface area contributed by atoms with Gasteiger partial charge in [-0.25, -0.2) is 4.39 Å². The number of amides is 1. The highest BCUT2D eigenvalue weighted by Gasteiger charge is 2.48. The number of halogens is 1. The first-order valence-corrected chi connectivity index (χ1v) is 8.45. The minimum atomic E-state index is -1.97. The average molecular weight is 335 g/mol. The summed E-state index contributed by atoms with van der Waals surface area (Å²) in [6.07, 6.45) is 2.74. The van der Waals surface area contributed by atoms with E-state index in [9.17, 15) is 4.79 Å². The molecule has 5 heteroatoms. The molecule has 0 bridgehead atoms. The zero-order valence-corrected chi connectivity index (χ0v) is 13.8. The number of carbonyl (C=O) groups excluding carboxylic acids is 1. The molecule has 0 N–H and O–H groups in total. The first-order valence-electron chi connectivity index (χ1n) is 8.45. The highest BCUT2D eigenvalue weighted by atomic mass is 19.1. The monoisotopic (exact) mass is 335 g/mol. The van der Waals surface area contributed by atoms with Crippen molar-refractivity contribution in [1.82, 2.24) is 4.90 Å². The molecule has 1 saturated heterocycles. The van der Waals surface area contributed by atoms with Crippen LogP contribution in [0.2, 0.25) is 0 Å². The second-order valence-electron chi connectivity index (χ2n) is 6.65. The lowest BCUT2D eigenvalue weighted by molar-refractivity contribution is -0.129. The molecule has 0 aliphatic carbocycles. The SMILES string of the molecule is N#CN1CCC(F)(C(=O)N2CCc3ccc(-c4ccccc4)cc32)C1. The molecule has 25 heavy (non-hydrogen) atoms. The van der Waals surface area contributed by atoms with Crippen molar-refractivity contribution < 1.29 is 9.18 Å². The topological polar surface area (TPSA) is 47.3 Å². The third-order valence-corrected chi connectivity index (χ3v) is 5.08. The maximum absolute atomic E-state index is 15.1. The van der Waals surface area contributed by atoms with Crippen LogP contribution in [0.25, 0.3) is 11.1 Å². The van der Waals surface area contributed by atoms with E-state index < -0.39 is 11.6 Å². The van der Waals surface area contributed by atoms with Crippen molar-refractivity contribution in [3.05, 3.63) is 54.1 Å². The summed E-state index contributed by atoms with van der Waals surface area (Å²) in [5, 5.41) is 8.95. The number of fused-ring (bicyclic) bond motifs is 1. The minimum absolute atomic E-state index is 0.0730. The van der Waals surface area contributed by atoms with Crippen LogP contribution >= 0.6 is 0 Å². The smallest absolute Gasteiger partial charge is 0.266 e. The number of hydrogen-bond donors (Lipinski definition) is 0. The zero-order valence-electron chi connectivity index (χ0n) is 13.8. The third kappa shape index (κ3) is 2.64. The number of nitriles is 1. The van der Waals surface area contributed by atoms with Crippen molar-refractivity contribution in [2.45, 2.75) is 18.5 Å². The number of alkyl halides is 1. The lowest BCUT2D eigenvalue weighted by Crippen LogP contribution is -2.47. The lowest BCUT2D eigenvalue weighted by atomic mass is 10.0. The molecule has 0 spiro atoms. The summed E-state index contributed by atoms with van der Waals surface area (Å²) in [5.74, 6) is -0.519. The van der Waals surface area contributed by atoms with Gasteiger partial charge in [-0.2, -0.15) is 5.26 Å². The fraction of sp³-hybridized carbons (Fsp3) is 0.300. The predicted octanol–water partition coefficient (Wildman–Crippen LogP) is 3.14. The van der Waals surface area contributed by atoms with Crippen molar-refractivity contribution in [1.29, 1.82) is 5.26 Å². The largest absolute Gasteiger partial charge is 0.309 e. The van der Waals surface area contributed by atoms with E-state index in [0.717, 1.165) is 28.8 Å². The van der Waals surface area contributed by atoms with E-state index in [1.54, 1.807) is 4.90 Å². The maximum atomic E-state index is 15.1. The molecule has 2 aliphatic heterocycles. The van der Waals surface area contributed by atoms with Gasteiger partial charge in [0.2, 0.25) is 5.67 Å². The van der Waals surface area contributed by atoms with Gasteiger partial charge >= 0.3 is 0 Å². The molecule has 1 unspecified atom stereocenters. The molecule has 0 saturated carbocycles. The number of likely N-dealkylation sites (tertiary alicyclic amines) is 1. The maximum Gasteiger partial charge on any atom is 0.266 e. The highest BCUT2D eigenvalue weighted by Crippen LogP contribution is 2.36. The molecule has 2 heterocycles. The molecule has 1 fully saturated rings. The number of anilines is 1. The standard InChI is InChI=1S/C20H18FN3O/c21-20(9-11-23(13-20)14-22)19(25)24-10-8-16-6-7-17(12-18(16)24)15-4-2-1-3-5-15/h1-7,12H,8-11,13H2. The van der Waals surface area contributed by atoms with E-state index >= 15 is 4.39 Å². The molecule has 0 radical (unpaired) electrons. The van der Waals surface area contributed by atoms with Crippen LogP contribution < -0.4 is 4.90 Å². The third-order valence-electron chi connectivity index (χ3n) is 5.08. The Morgan fingerprint density at radius 2 is 1.92 bits per heavy atom. The quantitative estimate of drug-likeness (QED) is 0.792. The van der Waals surface area contributed by atoms with Gasteiger partial charge in [0, 0.05) is 25.2 Å². The van der Waals surface area contributed by atoms with Gasteiger partial charge in [-0.3, -0.25) is 4.79 Å². The summed E-state index contributed by atoms with van der Waals surface area (Å²) in [6.45, 7) is 0.640. The van der Waals surface area contributed by atoms with Gasteiger partial charge in [-0.15, -0.1) is 0 Å². The Kier molecular flexibility index (Phi) is 3.69. The molecule has 4 nitrogen and oxygen atoms in total. The van der Waals surface area contributed by atoms with E-state index in [0.29, 0.717) is 13.1 Å². The van der Waals surface area contributed by atoms with Gasteiger partial charge in [0.15, 0.2) is 6.19 Å². The average Bonchev–Trinajstić information content (AvgIpc) is 3.25. The van der Waals surface area contributed by atoms with Gasteiger partial charge in [-0.1, -0.05) is 42.5 Å². The molecule has 2 aromatic carbocycles. The van der Waals surface area contributed by atoms with Gasteiger partial charge in [0.25, 0.3) is 5.91 Å². The number of carbonyl (C=O) groups is 1. The van der Waals surface area contributed by atoms with Crippen molar-refractivity contribution >= 4 is 11.6 Å². The van der Waals surface area contributed by atoms with Crippen LogP contribution in [0.3, 0.4) is 0 Å². The summed E-state index contributed by atoms with van der Waals surface area (Å²) in [4.78, 5) is 15.7. The summed E-state index contributed by atoms with van der Waals surface area (Å²) in [6, 6.07) is 16.0. The van der Waals surface area contributed by atoms with Crippen LogP contribution in [0.4, 0.5) is 10.1 Å². The molecule has 4 rings (SSSR count). The predicted molar refractivity (Wildman–Crippen MR) is 93.6 cm³/mol. The zero-order chi connectivity index (χ0) is 17.4. The van der Waals surface area contributed by atoms with Gasteiger partial charge < -0.3 is 9.80 Å². The van der Waals surface area contributed by atoms with Crippen LogP contribution in [-0.4, -0.2) is 36.1 Å². The van der Waals surface area contributed by atoms with Crippen LogP contribution in [0.5, 0.6) is 0 Å². The normalized spacial score (nSPS) is 21.9. The Bertz CT molecular complexity index is 861. The van der Waals surface area contributed by atoms with Gasteiger partial charge in [-0.05, 0) is 29.2 Å². The first-order chi connectivity index (χ1) is 12.1. The Morgan fingerprint density at radius 1 is 1.12 bits per heavy atom. The highest BCUT2D eigenvalue weighted by molar-refractivity contribution is 6.02. The van der Waals surface area contributed by atoms with E-state index in [4.69, 9.17) is 5.26 Å². The summed E-state index contributed by atoms with van der Waals surface area (Å²) < 4.78 is 15.1. The van der Waals surface area contributed by atoms with Crippen LogP contribution in [0.15, 0.2) is 48.5 Å². The van der Waals surface area contributed by atoms with Crippen molar-refractivity contribution in [2.75, 3.05) is 24.5 Å². The molecule has 1 atom stereocenters. The molecule has 126 valence electrons. The molecular formula is C20H18FN3O. The van der Waals surface area contributed by atoms with Crippen LogP contribution in [0.1, 0.15) is 12.0 Å². The van der Waals surface area contributed by atoms with Crippen molar-refractivity contribution in [3.8, 4) is 17.3 Å². The molecular weight excluding hydrogens is 317 g/mol. The fourth-order valence-electron chi connectivity index (χ4n) is 3.67. The fourth-order valence-corrected chi connectivity index (χ4v) is 3.67. The van der Waals surface area contributed by atoms with Gasteiger partial charge in [0.1, 0.15) is 0 Å². The Hall–Kier alpha value is -2.87. The Morgan fingerprint density at radius 3 is 2.64 bits per heavy atom. The van der Waals surface area contributed by atoms with Crippen molar-refractivity contribution in [3.63, 3.8) is 0 Å². The van der Waals surface area contributed by atoms with Crippen LogP contribution in [0, 0.1) is 11.5 Å². The van der Waals surface area contributed by atoms with Gasteiger partial charge in [0.05, 0.1) is 6.54 Å². The number of hydrogen-bond acceptors (Lipinski definition) is 3. The molecule has 2 aromatic rings. The van der Waals surface area contributed by atoms with E-state index in [1.807, 2.05) is 54.7 Å². The molecule has 0 aromatic heterocycles. The summed E-state index contributed by atoms with van der Waals surface area (Å²) in [5.41, 5.74) is 1.96. The van der Waals surface area contributed by atoms with E-state index in [2.05, 4.69) is 0 Å². The second-order valence-corrected chi connectivity index (χ2v) is 6.65. The minimum Gasteiger partial charge on any atom is -0.309 e. The Balaban J connectivity index is 1.65. The first kappa shape index (κ1) is 15.6. The van der Waals surface area contributed by atoms with Crippen molar-refractivity contribution in [2.24, 2.45) is 0 Å². The number of benzene rings is 2. The van der Waals surface area contributed by atoms with E-state index in [-0.39, 0.29) is 13.0 Å². The number of nitrogens with zero attached hydrogens (tertiary/aromatic N) is 3. The summed E-state index contributed by atoms with van der Waals surface area (Å²) in [7, 11) is 0. The molecule has 2 aliphatic rings.